The second kappa shape index (κ2) is 7.82. The fraction of sp³-hybridized carbons (Fsp3) is 0.350. The number of amides is 1. The topological polar surface area (TPSA) is 90.0 Å². The number of fused-ring (bicyclic) bond motifs is 2. The molecule has 9 heteroatoms. The van der Waals surface area contributed by atoms with Gasteiger partial charge in [-0.3, -0.25) is 10.1 Å². The smallest absolute Gasteiger partial charge is 0.253 e. The summed E-state index contributed by atoms with van der Waals surface area (Å²) in [6.45, 7) is 6.73. The zero-order chi connectivity index (χ0) is 20.5. The van der Waals surface area contributed by atoms with Crippen molar-refractivity contribution in [1.82, 2.24) is 29.1 Å². The first-order valence-electron chi connectivity index (χ1n) is 9.53. The number of carbonyl (C=O) groups excluding carboxylic acids is 1. The molecule has 0 saturated heterocycles. The molecule has 4 aromatic rings. The quantitative estimate of drug-likeness (QED) is 0.491. The van der Waals surface area contributed by atoms with Crippen LogP contribution in [0.3, 0.4) is 0 Å². The Kier molecular flexibility index (Phi) is 5.23. The summed E-state index contributed by atoms with van der Waals surface area (Å²) in [5.74, 6) is 1.00. The van der Waals surface area contributed by atoms with Crippen molar-refractivity contribution in [2.75, 3.05) is 11.6 Å². The van der Waals surface area contributed by atoms with Gasteiger partial charge in [-0.25, -0.2) is 14.5 Å². The molecule has 0 aliphatic carbocycles. The van der Waals surface area contributed by atoms with Crippen LogP contribution in [0, 0.1) is 13.8 Å². The number of nitrogens with zero attached hydrogens (tertiary/aromatic N) is 6. The molecule has 1 N–H and O–H groups in total. The monoisotopic (exact) mass is 409 g/mol. The van der Waals surface area contributed by atoms with Crippen molar-refractivity contribution in [1.29, 1.82) is 0 Å². The Balaban J connectivity index is 1.64. The van der Waals surface area contributed by atoms with Gasteiger partial charge in [-0.15, -0.1) is 5.10 Å². The van der Waals surface area contributed by atoms with Gasteiger partial charge in [0.05, 0.1) is 17.5 Å². The second-order valence-electron chi connectivity index (χ2n) is 6.87. The van der Waals surface area contributed by atoms with Gasteiger partial charge in [0.1, 0.15) is 0 Å². The van der Waals surface area contributed by atoms with Crippen LogP contribution in [-0.2, 0) is 17.8 Å². The first-order valence-corrected chi connectivity index (χ1v) is 10.8. The summed E-state index contributed by atoms with van der Waals surface area (Å²) < 4.78 is 3.75. The lowest BCUT2D eigenvalue weighted by atomic mass is 10.1. The van der Waals surface area contributed by atoms with Gasteiger partial charge in [0.2, 0.25) is 17.0 Å². The van der Waals surface area contributed by atoms with E-state index in [4.69, 9.17) is 0 Å². The SMILES string of the molecule is CCCn1c(NC(=O)Cc2c(C)nc3nc(SC)nn3c2C)nc2ccccc21. The number of rotatable bonds is 6. The molecule has 4 rings (SSSR count). The predicted octanol–water partition coefficient (Wildman–Crippen LogP) is 3.40. The number of carbonyl (C=O) groups is 1. The van der Waals surface area contributed by atoms with Crippen LogP contribution in [0.2, 0.25) is 0 Å². The Bertz CT molecular complexity index is 1210. The molecule has 3 heterocycles. The summed E-state index contributed by atoms with van der Waals surface area (Å²) in [6.07, 6.45) is 3.07. The maximum absolute atomic E-state index is 12.9. The highest BCUT2D eigenvalue weighted by Crippen LogP contribution is 2.21. The fourth-order valence-electron chi connectivity index (χ4n) is 3.48. The van der Waals surface area contributed by atoms with Crippen molar-refractivity contribution < 1.29 is 4.79 Å². The highest BCUT2D eigenvalue weighted by molar-refractivity contribution is 7.98. The molecule has 0 bridgehead atoms. The van der Waals surface area contributed by atoms with Crippen LogP contribution in [0.15, 0.2) is 29.4 Å². The molecule has 150 valence electrons. The fourth-order valence-corrected chi connectivity index (χ4v) is 3.82. The van der Waals surface area contributed by atoms with Crippen LogP contribution in [0.4, 0.5) is 5.95 Å². The minimum atomic E-state index is -0.129. The molecule has 1 amide bonds. The normalized spacial score (nSPS) is 11.4. The molecular formula is C20H23N7OS. The van der Waals surface area contributed by atoms with Gasteiger partial charge >= 0.3 is 0 Å². The van der Waals surface area contributed by atoms with E-state index in [1.165, 1.54) is 11.8 Å². The molecule has 0 aliphatic rings. The zero-order valence-corrected chi connectivity index (χ0v) is 17.7. The molecule has 8 nitrogen and oxygen atoms in total. The molecule has 29 heavy (non-hydrogen) atoms. The van der Waals surface area contributed by atoms with Crippen LogP contribution in [0.25, 0.3) is 16.8 Å². The van der Waals surface area contributed by atoms with E-state index in [-0.39, 0.29) is 12.3 Å². The molecule has 0 radical (unpaired) electrons. The Morgan fingerprint density at radius 2 is 1.97 bits per heavy atom. The van der Waals surface area contributed by atoms with Crippen molar-refractivity contribution in [3.63, 3.8) is 0 Å². The first kappa shape index (κ1) is 19.4. The lowest BCUT2D eigenvalue weighted by Crippen LogP contribution is -2.20. The summed E-state index contributed by atoms with van der Waals surface area (Å²) >= 11 is 1.47. The van der Waals surface area contributed by atoms with Gasteiger partial charge in [0, 0.05) is 23.5 Å². The number of benzene rings is 1. The summed E-state index contributed by atoms with van der Waals surface area (Å²) in [4.78, 5) is 26.4. The molecule has 0 atom stereocenters. The maximum atomic E-state index is 12.9. The van der Waals surface area contributed by atoms with E-state index in [1.807, 2.05) is 44.4 Å². The van der Waals surface area contributed by atoms with E-state index in [0.717, 1.165) is 41.0 Å². The van der Waals surface area contributed by atoms with Gasteiger partial charge in [0.15, 0.2) is 0 Å². The van der Waals surface area contributed by atoms with Gasteiger partial charge < -0.3 is 4.57 Å². The minimum absolute atomic E-state index is 0.129. The second-order valence-corrected chi connectivity index (χ2v) is 7.65. The molecule has 3 aromatic heterocycles. The molecule has 0 fully saturated rings. The summed E-state index contributed by atoms with van der Waals surface area (Å²) in [5.41, 5.74) is 4.40. The molecule has 1 aromatic carbocycles. The van der Waals surface area contributed by atoms with E-state index in [2.05, 4.69) is 36.9 Å². The van der Waals surface area contributed by atoms with Gasteiger partial charge in [-0.1, -0.05) is 30.8 Å². The van der Waals surface area contributed by atoms with E-state index in [1.54, 1.807) is 4.52 Å². The third-order valence-electron chi connectivity index (χ3n) is 4.90. The van der Waals surface area contributed by atoms with Crippen LogP contribution in [0.1, 0.15) is 30.3 Å². The van der Waals surface area contributed by atoms with Crippen molar-refractivity contribution in [2.24, 2.45) is 0 Å². The number of thioether (sulfide) groups is 1. The predicted molar refractivity (Wildman–Crippen MR) is 114 cm³/mol. The van der Waals surface area contributed by atoms with E-state index in [9.17, 15) is 4.79 Å². The Hall–Kier alpha value is -2.94. The molecule has 0 spiro atoms. The first-order chi connectivity index (χ1) is 14.0. The highest BCUT2D eigenvalue weighted by atomic mass is 32.2. The van der Waals surface area contributed by atoms with Gasteiger partial charge in [0.25, 0.3) is 5.78 Å². The summed E-state index contributed by atoms with van der Waals surface area (Å²) in [5, 5.41) is 8.10. The van der Waals surface area contributed by atoms with E-state index < -0.39 is 0 Å². The van der Waals surface area contributed by atoms with E-state index in [0.29, 0.717) is 16.9 Å². The summed E-state index contributed by atoms with van der Waals surface area (Å²) in [7, 11) is 0. The van der Waals surface area contributed by atoms with Gasteiger partial charge in [-0.05, 0) is 38.7 Å². The number of hydrogen-bond donors (Lipinski definition) is 1. The van der Waals surface area contributed by atoms with E-state index >= 15 is 0 Å². The summed E-state index contributed by atoms with van der Waals surface area (Å²) in [6, 6.07) is 7.91. The van der Waals surface area contributed by atoms with Crippen molar-refractivity contribution in [3.8, 4) is 0 Å². The van der Waals surface area contributed by atoms with Crippen molar-refractivity contribution >= 4 is 40.4 Å². The maximum Gasteiger partial charge on any atom is 0.253 e. The largest absolute Gasteiger partial charge is 0.310 e. The standard InChI is InChI=1S/C20H23N7OS/c1-5-10-26-16-9-7-6-8-15(16)22-18(26)23-17(28)11-14-12(2)21-19-24-20(29-4)25-27(19)13(14)3/h6-9H,5,10-11H2,1-4H3,(H,22,23,28). The average molecular weight is 410 g/mol. The number of aryl methyl sites for hydroxylation is 3. The molecule has 0 aliphatic heterocycles. The Morgan fingerprint density at radius 3 is 2.72 bits per heavy atom. The molecular weight excluding hydrogens is 386 g/mol. The zero-order valence-electron chi connectivity index (χ0n) is 16.9. The Morgan fingerprint density at radius 1 is 1.17 bits per heavy atom. The molecule has 0 saturated carbocycles. The minimum Gasteiger partial charge on any atom is -0.310 e. The number of para-hydroxylation sites is 2. The third-order valence-corrected chi connectivity index (χ3v) is 5.44. The lowest BCUT2D eigenvalue weighted by Gasteiger charge is -2.12. The van der Waals surface area contributed by atoms with Crippen LogP contribution in [0.5, 0.6) is 0 Å². The Labute approximate surface area is 172 Å². The number of anilines is 1. The number of aromatic nitrogens is 6. The van der Waals surface area contributed by atoms with Crippen LogP contribution < -0.4 is 5.32 Å². The lowest BCUT2D eigenvalue weighted by molar-refractivity contribution is -0.115. The number of imidazole rings is 1. The number of nitrogens with one attached hydrogen (secondary N) is 1. The van der Waals surface area contributed by atoms with Crippen LogP contribution in [-0.4, -0.2) is 41.3 Å². The van der Waals surface area contributed by atoms with Crippen molar-refractivity contribution in [2.45, 2.75) is 45.3 Å². The van der Waals surface area contributed by atoms with Crippen molar-refractivity contribution in [3.05, 3.63) is 41.2 Å². The number of hydrogen-bond acceptors (Lipinski definition) is 6. The highest BCUT2D eigenvalue weighted by Gasteiger charge is 2.18. The van der Waals surface area contributed by atoms with Gasteiger partial charge in [-0.2, -0.15) is 4.98 Å². The molecule has 0 unspecified atom stereocenters. The average Bonchev–Trinajstić information content (AvgIpc) is 3.27. The van der Waals surface area contributed by atoms with Crippen LogP contribution >= 0.6 is 11.8 Å². The third kappa shape index (κ3) is 3.57.